The van der Waals surface area contributed by atoms with Crippen LogP contribution in [0.1, 0.15) is 32.1 Å². The van der Waals surface area contributed by atoms with Crippen LogP contribution in [-0.4, -0.2) is 65.8 Å². The summed E-state index contributed by atoms with van der Waals surface area (Å²) in [5.41, 5.74) is 6.75. The molecule has 2 aliphatic heterocycles. The van der Waals surface area contributed by atoms with Gasteiger partial charge in [-0.25, -0.2) is 15.0 Å². The highest BCUT2D eigenvalue weighted by Crippen LogP contribution is 2.62. The van der Waals surface area contributed by atoms with Gasteiger partial charge < -0.3 is 20.3 Å². The van der Waals surface area contributed by atoms with E-state index in [0.717, 1.165) is 51.1 Å². The van der Waals surface area contributed by atoms with Gasteiger partial charge in [0, 0.05) is 56.5 Å². The van der Waals surface area contributed by atoms with Gasteiger partial charge in [-0.15, -0.1) is 24.0 Å². The van der Waals surface area contributed by atoms with Crippen molar-refractivity contribution in [1.82, 2.24) is 14.9 Å². The minimum absolute atomic E-state index is 0. The summed E-state index contributed by atoms with van der Waals surface area (Å²) in [4.78, 5) is 18.2. The number of nitrogens with zero attached hydrogens (tertiary/aromatic N) is 5. The zero-order valence-corrected chi connectivity index (χ0v) is 18.0. The molecule has 0 amide bonds. The third kappa shape index (κ3) is 3.18. The number of piperazine rings is 1. The first-order valence-electron chi connectivity index (χ1n) is 10.00. The lowest BCUT2D eigenvalue weighted by Gasteiger charge is -2.55. The molecule has 1 spiro atoms. The van der Waals surface area contributed by atoms with Crippen molar-refractivity contribution < 1.29 is 4.74 Å². The molecular weight excluding hydrogens is 455 g/mol. The van der Waals surface area contributed by atoms with Gasteiger partial charge in [0.2, 0.25) is 5.95 Å². The number of halogens is 1. The molecule has 1 aromatic heterocycles. The fourth-order valence-corrected chi connectivity index (χ4v) is 5.65. The summed E-state index contributed by atoms with van der Waals surface area (Å²) in [6, 6.07) is 2.22. The van der Waals surface area contributed by atoms with Crippen LogP contribution in [0.15, 0.2) is 23.5 Å². The number of hydrogen-bond donors (Lipinski definition) is 1. The molecule has 27 heavy (non-hydrogen) atoms. The van der Waals surface area contributed by atoms with Crippen molar-refractivity contribution in [2.24, 2.45) is 22.1 Å². The Kier molecular flexibility index (Phi) is 5.46. The number of hydrogen-bond acceptors (Lipinski definition) is 5. The highest BCUT2D eigenvalue weighted by Gasteiger charge is 2.65. The molecule has 1 aromatic rings. The largest absolute Gasteiger partial charge is 0.377 e. The topological polar surface area (TPSA) is 79.9 Å². The van der Waals surface area contributed by atoms with E-state index in [0.29, 0.717) is 18.1 Å². The van der Waals surface area contributed by atoms with Crippen molar-refractivity contribution in [3.63, 3.8) is 0 Å². The van der Waals surface area contributed by atoms with E-state index in [4.69, 9.17) is 15.5 Å². The molecule has 0 bridgehead atoms. The van der Waals surface area contributed by atoms with Crippen LogP contribution in [0.5, 0.6) is 0 Å². The van der Waals surface area contributed by atoms with Crippen molar-refractivity contribution in [3.05, 3.63) is 18.5 Å². The molecule has 3 heterocycles. The number of aromatic nitrogens is 2. The molecule has 3 atom stereocenters. The van der Waals surface area contributed by atoms with Crippen LogP contribution in [0, 0.1) is 11.3 Å². The Labute approximate surface area is 177 Å². The molecule has 4 aliphatic rings. The Balaban J connectivity index is 0.00000180. The Morgan fingerprint density at radius 2 is 1.85 bits per heavy atom. The van der Waals surface area contributed by atoms with Crippen LogP contribution >= 0.6 is 24.0 Å². The standard InChI is InChI=1S/C19H28N6O.HI/c20-17(24-9-11-25(12-10-24)18-21-7-3-8-22-18)23-15-14-4-13-26-16(14)19(15)5-1-2-6-19;/h3,7-8,14-16H,1-2,4-6,9-13H2,(H2,20,23);1H. The number of anilines is 1. The van der Waals surface area contributed by atoms with Gasteiger partial charge in [0.15, 0.2) is 5.96 Å². The monoisotopic (exact) mass is 484 g/mol. The Bertz CT molecular complexity index is 672. The number of aliphatic imine (C=N–C) groups is 1. The van der Waals surface area contributed by atoms with Gasteiger partial charge in [-0.05, 0) is 25.3 Å². The van der Waals surface area contributed by atoms with Gasteiger partial charge in [0.1, 0.15) is 0 Å². The number of nitrogens with two attached hydrogens (primary N) is 1. The zero-order chi connectivity index (χ0) is 17.6. The molecule has 0 aromatic carbocycles. The third-order valence-corrected chi connectivity index (χ3v) is 6.94. The first kappa shape index (κ1) is 19.2. The molecule has 2 saturated heterocycles. The maximum atomic E-state index is 6.46. The lowest BCUT2D eigenvalue weighted by Crippen LogP contribution is -2.62. The first-order valence-corrected chi connectivity index (χ1v) is 10.00. The highest BCUT2D eigenvalue weighted by molar-refractivity contribution is 14.0. The van der Waals surface area contributed by atoms with Crippen LogP contribution in [0.2, 0.25) is 0 Å². The van der Waals surface area contributed by atoms with Gasteiger partial charge in [0.25, 0.3) is 0 Å². The van der Waals surface area contributed by atoms with Gasteiger partial charge in [-0.1, -0.05) is 12.8 Å². The smallest absolute Gasteiger partial charge is 0.225 e. The van der Waals surface area contributed by atoms with E-state index < -0.39 is 0 Å². The molecule has 8 heteroatoms. The van der Waals surface area contributed by atoms with Crippen molar-refractivity contribution in [2.45, 2.75) is 44.2 Å². The van der Waals surface area contributed by atoms with Crippen LogP contribution in [0.25, 0.3) is 0 Å². The molecule has 2 aliphatic carbocycles. The summed E-state index contributed by atoms with van der Waals surface area (Å²) in [5.74, 6) is 2.11. The molecule has 2 saturated carbocycles. The number of ether oxygens (including phenoxy) is 1. The lowest BCUT2D eigenvalue weighted by atomic mass is 9.54. The summed E-state index contributed by atoms with van der Waals surface area (Å²) in [6.07, 6.45) is 10.3. The summed E-state index contributed by atoms with van der Waals surface area (Å²) in [6.45, 7) is 4.41. The molecule has 2 N–H and O–H groups in total. The second kappa shape index (κ2) is 7.69. The van der Waals surface area contributed by atoms with Crippen LogP contribution in [0.3, 0.4) is 0 Å². The number of rotatable bonds is 2. The summed E-state index contributed by atoms with van der Waals surface area (Å²) < 4.78 is 6.07. The fraction of sp³-hybridized carbons (Fsp3) is 0.737. The van der Waals surface area contributed by atoms with Gasteiger partial charge in [-0.2, -0.15) is 0 Å². The maximum Gasteiger partial charge on any atom is 0.225 e. The van der Waals surface area contributed by atoms with E-state index in [1.807, 2.05) is 6.07 Å². The van der Waals surface area contributed by atoms with E-state index in [1.165, 1.54) is 25.7 Å². The average molecular weight is 484 g/mol. The van der Waals surface area contributed by atoms with Gasteiger partial charge >= 0.3 is 0 Å². The normalized spacial score (nSPS) is 32.1. The minimum Gasteiger partial charge on any atom is -0.377 e. The van der Waals surface area contributed by atoms with Crippen LogP contribution in [-0.2, 0) is 4.74 Å². The SMILES string of the molecule is I.NC(=NC1C2CCOC2C12CCCC2)N1CCN(c2ncccn2)CC1. The van der Waals surface area contributed by atoms with Crippen LogP contribution in [0.4, 0.5) is 5.95 Å². The van der Waals surface area contributed by atoms with Crippen LogP contribution < -0.4 is 10.6 Å². The average Bonchev–Trinajstić information content (AvgIpc) is 3.36. The quantitative estimate of drug-likeness (QED) is 0.393. The lowest BCUT2D eigenvalue weighted by molar-refractivity contribution is -0.117. The molecule has 7 nitrogen and oxygen atoms in total. The zero-order valence-electron chi connectivity index (χ0n) is 15.7. The van der Waals surface area contributed by atoms with E-state index in [2.05, 4.69) is 19.8 Å². The second-order valence-corrected chi connectivity index (χ2v) is 8.14. The van der Waals surface area contributed by atoms with Crippen molar-refractivity contribution >= 4 is 35.9 Å². The fourth-order valence-electron chi connectivity index (χ4n) is 5.65. The van der Waals surface area contributed by atoms with Crippen molar-refractivity contribution in [1.29, 1.82) is 0 Å². The molecule has 0 radical (unpaired) electrons. The number of fused-ring (bicyclic) bond motifs is 2. The maximum absolute atomic E-state index is 6.46. The highest BCUT2D eigenvalue weighted by atomic mass is 127. The minimum atomic E-state index is 0. The Hall–Kier alpha value is -1.16. The molecule has 4 fully saturated rings. The number of guanidine groups is 1. The molecule has 3 unspecified atom stereocenters. The summed E-state index contributed by atoms with van der Waals surface area (Å²) in [7, 11) is 0. The van der Waals surface area contributed by atoms with E-state index in [1.54, 1.807) is 12.4 Å². The van der Waals surface area contributed by atoms with E-state index in [-0.39, 0.29) is 29.4 Å². The van der Waals surface area contributed by atoms with Crippen molar-refractivity contribution in [3.8, 4) is 0 Å². The Morgan fingerprint density at radius 1 is 1.15 bits per heavy atom. The second-order valence-electron chi connectivity index (χ2n) is 8.14. The van der Waals surface area contributed by atoms with E-state index >= 15 is 0 Å². The molecular formula is C19H29IN6O. The summed E-state index contributed by atoms with van der Waals surface area (Å²) in [5, 5.41) is 0. The first-order chi connectivity index (χ1) is 12.8. The predicted octanol–water partition coefficient (Wildman–Crippen LogP) is 1.88. The summed E-state index contributed by atoms with van der Waals surface area (Å²) >= 11 is 0. The molecule has 148 valence electrons. The Morgan fingerprint density at radius 3 is 2.56 bits per heavy atom. The van der Waals surface area contributed by atoms with E-state index in [9.17, 15) is 0 Å². The van der Waals surface area contributed by atoms with Crippen molar-refractivity contribution in [2.75, 3.05) is 37.7 Å². The molecule has 5 rings (SSSR count). The predicted molar refractivity (Wildman–Crippen MR) is 115 cm³/mol. The third-order valence-electron chi connectivity index (χ3n) is 6.94. The van der Waals surface area contributed by atoms with Gasteiger partial charge in [-0.3, -0.25) is 0 Å². The van der Waals surface area contributed by atoms with Gasteiger partial charge in [0.05, 0.1) is 12.1 Å².